The Balaban J connectivity index is 2.28. The molecule has 0 aromatic heterocycles. The van der Waals surface area contributed by atoms with Gasteiger partial charge in [-0.15, -0.1) is 0 Å². The summed E-state index contributed by atoms with van der Waals surface area (Å²) in [4.78, 5) is 11.4. The Kier molecular flexibility index (Phi) is 3.94. The summed E-state index contributed by atoms with van der Waals surface area (Å²) in [5.74, 6) is 0.116. The van der Waals surface area contributed by atoms with E-state index in [1.165, 1.54) is 0 Å². The van der Waals surface area contributed by atoms with Gasteiger partial charge in [-0.3, -0.25) is 4.39 Å². The Hall–Kier alpha value is -0.800. The monoisotopic (exact) mass is 217 g/mol. The molecular formula is C11H20FNO2. The van der Waals surface area contributed by atoms with Gasteiger partial charge in [0.1, 0.15) is 5.60 Å². The molecule has 2 atom stereocenters. The van der Waals surface area contributed by atoms with Crippen LogP contribution in [0.15, 0.2) is 0 Å². The summed E-state index contributed by atoms with van der Waals surface area (Å²) in [6, 6.07) is 0.0839. The second-order valence-electron chi connectivity index (χ2n) is 5.18. The molecule has 1 aliphatic rings. The number of hydrogen-bond acceptors (Lipinski definition) is 2. The fourth-order valence-electron chi connectivity index (χ4n) is 1.82. The number of rotatable bonds is 2. The van der Waals surface area contributed by atoms with Crippen LogP contribution in [-0.4, -0.2) is 24.4 Å². The first-order valence-electron chi connectivity index (χ1n) is 5.46. The van der Waals surface area contributed by atoms with Crippen LogP contribution in [0.3, 0.4) is 0 Å². The van der Waals surface area contributed by atoms with Gasteiger partial charge in [0.15, 0.2) is 0 Å². The van der Waals surface area contributed by atoms with Gasteiger partial charge in [0.05, 0.1) is 6.67 Å². The van der Waals surface area contributed by atoms with Crippen LogP contribution >= 0.6 is 0 Å². The maximum absolute atomic E-state index is 12.3. The van der Waals surface area contributed by atoms with Crippen molar-refractivity contribution in [3.8, 4) is 0 Å². The lowest BCUT2D eigenvalue weighted by atomic mass is 10.1. The van der Waals surface area contributed by atoms with Crippen LogP contribution < -0.4 is 5.32 Å². The molecule has 15 heavy (non-hydrogen) atoms. The summed E-state index contributed by atoms with van der Waals surface area (Å²) < 4.78 is 17.5. The Morgan fingerprint density at radius 3 is 2.60 bits per heavy atom. The van der Waals surface area contributed by atoms with Crippen LogP contribution in [0.4, 0.5) is 9.18 Å². The lowest BCUT2D eigenvalue weighted by molar-refractivity contribution is 0.0504. The van der Waals surface area contributed by atoms with Crippen molar-refractivity contribution < 1.29 is 13.9 Å². The van der Waals surface area contributed by atoms with Crippen LogP contribution in [0.1, 0.15) is 40.0 Å². The Morgan fingerprint density at radius 2 is 2.13 bits per heavy atom. The third kappa shape index (κ3) is 4.49. The molecule has 4 heteroatoms. The van der Waals surface area contributed by atoms with Gasteiger partial charge in [0.25, 0.3) is 0 Å². The first kappa shape index (κ1) is 12.3. The molecule has 0 aromatic rings. The molecule has 0 aromatic carbocycles. The minimum absolute atomic E-state index is 0.0839. The minimum atomic E-state index is -0.470. The Bertz CT molecular complexity index is 225. The van der Waals surface area contributed by atoms with Crippen LogP contribution in [0, 0.1) is 5.92 Å². The van der Waals surface area contributed by atoms with Crippen LogP contribution in [0.5, 0.6) is 0 Å². The van der Waals surface area contributed by atoms with Crippen molar-refractivity contribution in [3.63, 3.8) is 0 Å². The fourth-order valence-corrected chi connectivity index (χ4v) is 1.82. The number of halogens is 1. The van der Waals surface area contributed by atoms with Crippen molar-refractivity contribution in [2.45, 2.75) is 51.7 Å². The molecule has 2 unspecified atom stereocenters. The Labute approximate surface area is 90.4 Å². The molecule has 0 heterocycles. The predicted octanol–water partition coefficient (Wildman–Crippen LogP) is 2.65. The minimum Gasteiger partial charge on any atom is -0.444 e. The highest BCUT2D eigenvalue weighted by Crippen LogP contribution is 2.25. The quantitative estimate of drug-likeness (QED) is 0.772. The average molecular weight is 217 g/mol. The van der Waals surface area contributed by atoms with Crippen LogP contribution in [-0.2, 0) is 4.74 Å². The summed E-state index contributed by atoms with van der Waals surface area (Å²) in [7, 11) is 0. The SMILES string of the molecule is CC(C)(C)OC(=O)NC1CCC(CF)C1. The van der Waals surface area contributed by atoms with Crippen LogP contribution in [0.25, 0.3) is 0 Å². The molecule has 0 radical (unpaired) electrons. The van der Waals surface area contributed by atoms with Crippen molar-refractivity contribution in [1.82, 2.24) is 5.32 Å². The third-order valence-electron chi connectivity index (χ3n) is 2.48. The molecule has 0 aliphatic heterocycles. The summed E-state index contributed by atoms with van der Waals surface area (Å²) in [6.45, 7) is 5.19. The van der Waals surface area contributed by atoms with E-state index < -0.39 is 11.7 Å². The lowest BCUT2D eigenvalue weighted by Gasteiger charge is -2.21. The summed E-state index contributed by atoms with van der Waals surface area (Å²) in [6.07, 6.45) is 2.05. The summed E-state index contributed by atoms with van der Waals surface area (Å²) in [5, 5.41) is 2.77. The molecule has 1 N–H and O–H groups in total. The number of ether oxygens (including phenoxy) is 1. The van der Waals surface area contributed by atoms with Gasteiger partial charge in [-0.25, -0.2) is 4.79 Å². The second-order valence-corrected chi connectivity index (χ2v) is 5.18. The largest absolute Gasteiger partial charge is 0.444 e. The smallest absolute Gasteiger partial charge is 0.407 e. The van der Waals surface area contributed by atoms with E-state index in [2.05, 4.69) is 5.32 Å². The average Bonchev–Trinajstić information content (AvgIpc) is 2.48. The number of amides is 1. The first-order valence-corrected chi connectivity index (χ1v) is 5.46. The van der Waals surface area contributed by atoms with Gasteiger partial charge in [0.2, 0.25) is 0 Å². The van der Waals surface area contributed by atoms with E-state index in [-0.39, 0.29) is 18.6 Å². The zero-order valence-corrected chi connectivity index (χ0v) is 9.68. The molecule has 3 nitrogen and oxygen atoms in total. The van der Waals surface area contributed by atoms with Gasteiger partial charge < -0.3 is 10.1 Å². The van der Waals surface area contributed by atoms with E-state index in [1.807, 2.05) is 20.8 Å². The maximum atomic E-state index is 12.3. The zero-order chi connectivity index (χ0) is 11.5. The Morgan fingerprint density at radius 1 is 1.47 bits per heavy atom. The molecule has 1 fully saturated rings. The molecule has 0 spiro atoms. The van der Waals surface area contributed by atoms with E-state index in [1.54, 1.807) is 0 Å². The van der Waals surface area contributed by atoms with Crippen molar-refractivity contribution >= 4 is 6.09 Å². The lowest BCUT2D eigenvalue weighted by Crippen LogP contribution is -2.38. The molecule has 0 bridgehead atoms. The van der Waals surface area contributed by atoms with Gasteiger partial charge in [-0.2, -0.15) is 0 Å². The molecule has 1 rings (SSSR count). The number of carbonyl (C=O) groups excluding carboxylic acids is 1. The molecule has 1 saturated carbocycles. The molecule has 0 saturated heterocycles. The van der Waals surface area contributed by atoms with Crippen molar-refractivity contribution in [1.29, 1.82) is 0 Å². The van der Waals surface area contributed by atoms with Gasteiger partial charge in [0, 0.05) is 6.04 Å². The topological polar surface area (TPSA) is 38.3 Å². The maximum Gasteiger partial charge on any atom is 0.407 e. The normalized spacial score (nSPS) is 26.4. The van der Waals surface area contributed by atoms with Crippen molar-refractivity contribution in [3.05, 3.63) is 0 Å². The van der Waals surface area contributed by atoms with Gasteiger partial charge in [-0.1, -0.05) is 0 Å². The highest BCUT2D eigenvalue weighted by Gasteiger charge is 2.27. The van der Waals surface area contributed by atoms with Gasteiger partial charge in [-0.05, 0) is 46.0 Å². The van der Waals surface area contributed by atoms with Crippen molar-refractivity contribution in [2.75, 3.05) is 6.67 Å². The number of nitrogens with one attached hydrogen (secondary N) is 1. The number of carbonyl (C=O) groups is 1. The number of alkyl carbamates (subject to hydrolysis) is 1. The molecule has 1 amide bonds. The van der Waals surface area contributed by atoms with E-state index >= 15 is 0 Å². The third-order valence-corrected chi connectivity index (χ3v) is 2.48. The number of hydrogen-bond donors (Lipinski definition) is 1. The zero-order valence-electron chi connectivity index (χ0n) is 9.68. The molecular weight excluding hydrogens is 197 g/mol. The van der Waals surface area contributed by atoms with E-state index in [0.717, 1.165) is 19.3 Å². The fraction of sp³-hybridized carbons (Fsp3) is 0.909. The standard InChI is InChI=1S/C11H20FNO2/c1-11(2,3)15-10(14)13-9-5-4-8(6-9)7-12/h8-9H,4-7H2,1-3H3,(H,13,14). The highest BCUT2D eigenvalue weighted by molar-refractivity contribution is 5.68. The molecule has 88 valence electrons. The van der Waals surface area contributed by atoms with E-state index in [9.17, 15) is 9.18 Å². The first-order chi connectivity index (χ1) is 6.90. The highest BCUT2D eigenvalue weighted by atomic mass is 19.1. The predicted molar refractivity (Wildman–Crippen MR) is 56.5 cm³/mol. The summed E-state index contributed by atoms with van der Waals surface area (Å²) in [5.41, 5.74) is -0.470. The molecule has 1 aliphatic carbocycles. The van der Waals surface area contributed by atoms with Crippen LogP contribution in [0.2, 0.25) is 0 Å². The second kappa shape index (κ2) is 4.81. The summed E-state index contributed by atoms with van der Waals surface area (Å²) >= 11 is 0. The van der Waals surface area contributed by atoms with E-state index in [4.69, 9.17) is 4.74 Å². The number of alkyl halides is 1. The van der Waals surface area contributed by atoms with E-state index in [0.29, 0.717) is 0 Å². The van der Waals surface area contributed by atoms with Crippen molar-refractivity contribution in [2.24, 2.45) is 5.92 Å². The van der Waals surface area contributed by atoms with Gasteiger partial charge >= 0.3 is 6.09 Å².